The molecule has 134 valence electrons. The van der Waals surface area contributed by atoms with Crippen LogP contribution in [0.3, 0.4) is 0 Å². The summed E-state index contributed by atoms with van der Waals surface area (Å²) in [7, 11) is -0.843. The van der Waals surface area contributed by atoms with E-state index in [9.17, 15) is 22.8 Å². The van der Waals surface area contributed by atoms with Gasteiger partial charge in [0.1, 0.15) is 0 Å². The zero-order chi connectivity index (χ0) is 18.4. The van der Waals surface area contributed by atoms with E-state index in [1.165, 1.54) is 46.1 Å². The lowest BCUT2D eigenvalue weighted by Crippen LogP contribution is -2.48. The number of carbonyl (C=O) groups excluding carboxylic acids is 1. The molecule has 9 nitrogen and oxygen atoms in total. The summed E-state index contributed by atoms with van der Waals surface area (Å²) in [5.74, 6) is 0. The highest BCUT2D eigenvalue weighted by Gasteiger charge is 2.28. The maximum absolute atomic E-state index is 12.8. The van der Waals surface area contributed by atoms with Crippen LogP contribution in [-0.2, 0) is 28.9 Å². The fourth-order valence-electron chi connectivity index (χ4n) is 2.92. The molecule has 0 bridgehead atoms. The van der Waals surface area contributed by atoms with E-state index in [1.807, 2.05) is 0 Å². The topological polar surface area (TPSA) is 102 Å². The van der Waals surface area contributed by atoms with E-state index in [0.717, 1.165) is 4.57 Å². The molecule has 10 heteroatoms. The number of hydrogen-bond acceptors (Lipinski definition) is 5. The van der Waals surface area contributed by atoms with Gasteiger partial charge < -0.3 is 14.0 Å². The van der Waals surface area contributed by atoms with Crippen molar-refractivity contribution in [2.75, 3.05) is 26.2 Å². The van der Waals surface area contributed by atoms with Crippen LogP contribution >= 0.6 is 0 Å². The fourth-order valence-corrected chi connectivity index (χ4v) is 4.36. The van der Waals surface area contributed by atoms with Crippen LogP contribution in [0.5, 0.6) is 0 Å². The van der Waals surface area contributed by atoms with Gasteiger partial charge in [0.15, 0.2) is 0 Å². The van der Waals surface area contributed by atoms with Crippen molar-refractivity contribution < 1.29 is 13.2 Å². The number of sulfonamides is 1. The summed E-state index contributed by atoms with van der Waals surface area (Å²) in [6.07, 6.45) is 0.705. The van der Waals surface area contributed by atoms with E-state index in [4.69, 9.17) is 0 Å². The number of nitrogens with zero attached hydrogens (tertiary/aromatic N) is 4. The molecule has 2 aromatic rings. The van der Waals surface area contributed by atoms with Crippen LogP contribution in [0.15, 0.2) is 32.7 Å². The Morgan fingerprint density at radius 3 is 2.04 bits per heavy atom. The average Bonchev–Trinajstić information content (AvgIpc) is 2.64. The first-order valence-corrected chi connectivity index (χ1v) is 9.10. The number of fused-ring (bicyclic) bond motifs is 1. The van der Waals surface area contributed by atoms with E-state index >= 15 is 0 Å². The lowest BCUT2D eigenvalue weighted by Gasteiger charge is -2.31. The van der Waals surface area contributed by atoms with Gasteiger partial charge in [-0.15, -0.1) is 0 Å². The molecule has 0 atom stereocenters. The Hall–Kier alpha value is -2.46. The van der Waals surface area contributed by atoms with E-state index in [1.54, 1.807) is 0 Å². The van der Waals surface area contributed by atoms with Gasteiger partial charge >= 0.3 is 11.1 Å². The molecule has 2 heterocycles. The molecule has 1 aromatic carbocycles. The second-order valence-electron chi connectivity index (χ2n) is 5.92. The van der Waals surface area contributed by atoms with Crippen molar-refractivity contribution in [1.29, 1.82) is 0 Å². The van der Waals surface area contributed by atoms with Crippen molar-refractivity contribution in [1.82, 2.24) is 18.3 Å². The number of carbonyl (C=O) groups is 1. The van der Waals surface area contributed by atoms with Crippen LogP contribution in [0.25, 0.3) is 11.0 Å². The zero-order valence-electron chi connectivity index (χ0n) is 13.9. The first kappa shape index (κ1) is 17.4. The van der Waals surface area contributed by atoms with Gasteiger partial charge in [0.2, 0.25) is 16.4 Å². The molecule has 0 radical (unpaired) electrons. The molecule has 1 amide bonds. The van der Waals surface area contributed by atoms with Crippen molar-refractivity contribution in [3.8, 4) is 0 Å². The minimum Gasteiger partial charge on any atom is -0.343 e. The summed E-state index contributed by atoms with van der Waals surface area (Å²) >= 11 is 0. The first-order chi connectivity index (χ1) is 11.8. The predicted molar refractivity (Wildman–Crippen MR) is 90.8 cm³/mol. The summed E-state index contributed by atoms with van der Waals surface area (Å²) in [6.45, 7) is 1.10. The Balaban J connectivity index is 2.09. The third-order valence-corrected chi connectivity index (χ3v) is 6.42. The SMILES string of the molecule is Cn1c(=O)c(=O)n(C)c2cc(S(=O)(=O)N3CCN(C=O)CC3)ccc21. The molecule has 1 saturated heterocycles. The summed E-state index contributed by atoms with van der Waals surface area (Å²) in [6, 6.07) is 4.34. The molecular formula is C15H18N4O5S. The largest absolute Gasteiger partial charge is 0.343 e. The van der Waals surface area contributed by atoms with Gasteiger partial charge in [-0.05, 0) is 18.2 Å². The average molecular weight is 366 g/mol. The Morgan fingerprint density at radius 1 is 0.920 bits per heavy atom. The predicted octanol–water partition coefficient (Wildman–Crippen LogP) is -1.30. The fraction of sp³-hybridized carbons (Fsp3) is 0.400. The maximum atomic E-state index is 12.8. The van der Waals surface area contributed by atoms with E-state index in [2.05, 4.69) is 0 Å². The van der Waals surface area contributed by atoms with Crippen molar-refractivity contribution in [3.63, 3.8) is 0 Å². The standard InChI is InChI=1S/C15H18N4O5S/c1-16-12-4-3-11(9-13(12)17(2)15(22)14(16)21)25(23,24)19-7-5-18(10-20)6-8-19/h3-4,9-10H,5-8H2,1-2H3. The van der Waals surface area contributed by atoms with Gasteiger partial charge in [-0.25, -0.2) is 8.42 Å². The summed E-state index contributed by atoms with van der Waals surface area (Å²) in [5, 5.41) is 0. The number of hydrogen-bond donors (Lipinski definition) is 0. The maximum Gasteiger partial charge on any atom is 0.316 e. The lowest BCUT2D eigenvalue weighted by molar-refractivity contribution is -0.119. The van der Waals surface area contributed by atoms with Gasteiger partial charge in [0.05, 0.1) is 15.9 Å². The quantitative estimate of drug-likeness (QED) is 0.496. The van der Waals surface area contributed by atoms with Crippen molar-refractivity contribution in [3.05, 3.63) is 38.9 Å². The van der Waals surface area contributed by atoms with Crippen LogP contribution in [0.2, 0.25) is 0 Å². The molecule has 0 N–H and O–H groups in total. The van der Waals surface area contributed by atoms with Crippen molar-refractivity contribution >= 4 is 27.5 Å². The van der Waals surface area contributed by atoms with Crippen LogP contribution in [0.1, 0.15) is 0 Å². The molecule has 1 fully saturated rings. The molecule has 0 saturated carbocycles. The Bertz CT molecular complexity index is 1060. The number of benzene rings is 1. The van der Waals surface area contributed by atoms with Gasteiger partial charge in [-0.2, -0.15) is 4.31 Å². The number of piperazine rings is 1. The minimum atomic E-state index is -3.75. The zero-order valence-corrected chi connectivity index (χ0v) is 14.7. The Kier molecular flexibility index (Phi) is 4.25. The van der Waals surface area contributed by atoms with Crippen molar-refractivity contribution in [2.45, 2.75) is 4.90 Å². The van der Waals surface area contributed by atoms with E-state index < -0.39 is 21.1 Å². The molecule has 0 spiro atoms. The monoisotopic (exact) mass is 366 g/mol. The number of rotatable bonds is 3. The third kappa shape index (κ3) is 2.76. The normalized spacial score (nSPS) is 16.3. The molecule has 25 heavy (non-hydrogen) atoms. The molecule has 1 aromatic heterocycles. The number of amides is 1. The van der Waals surface area contributed by atoms with Crippen LogP contribution in [0, 0.1) is 0 Å². The highest BCUT2D eigenvalue weighted by molar-refractivity contribution is 7.89. The second kappa shape index (κ2) is 6.12. The molecular weight excluding hydrogens is 348 g/mol. The third-order valence-electron chi connectivity index (χ3n) is 4.52. The summed E-state index contributed by atoms with van der Waals surface area (Å²) in [4.78, 5) is 36.2. The van der Waals surface area contributed by atoms with Gasteiger partial charge in [-0.1, -0.05) is 0 Å². The first-order valence-electron chi connectivity index (χ1n) is 7.66. The van der Waals surface area contributed by atoms with Crippen molar-refractivity contribution in [2.24, 2.45) is 14.1 Å². The molecule has 0 unspecified atom stereocenters. The van der Waals surface area contributed by atoms with Crippen LogP contribution in [0.4, 0.5) is 0 Å². The van der Waals surface area contributed by atoms with Gasteiger partial charge in [-0.3, -0.25) is 14.4 Å². The summed E-state index contributed by atoms with van der Waals surface area (Å²) in [5.41, 5.74) is -0.559. The number of aromatic nitrogens is 2. The molecule has 1 aliphatic rings. The highest BCUT2D eigenvalue weighted by Crippen LogP contribution is 2.21. The van der Waals surface area contributed by atoms with E-state index in [-0.39, 0.29) is 18.0 Å². The lowest BCUT2D eigenvalue weighted by atomic mass is 10.3. The van der Waals surface area contributed by atoms with Gasteiger partial charge in [0.25, 0.3) is 0 Å². The summed E-state index contributed by atoms with van der Waals surface area (Å²) < 4.78 is 29.3. The van der Waals surface area contributed by atoms with Crippen LogP contribution < -0.4 is 11.1 Å². The van der Waals surface area contributed by atoms with Crippen LogP contribution in [-0.4, -0.2) is 59.3 Å². The Labute approximate surface area is 143 Å². The highest BCUT2D eigenvalue weighted by atomic mass is 32.2. The van der Waals surface area contributed by atoms with Gasteiger partial charge in [0, 0.05) is 40.3 Å². The second-order valence-corrected chi connectivity index (χ2v) is 7.86. The van der Waals surface area contributed by atoms with E-state index in [0.29, 0.717) is 30.5 Å². The smallest absolute Gasteiger partial charge is 0.316 e. The molecule has 1 aliphatic heterocycles. The Morgan fingerprint density at radius 2 is 1.48 bits per heavy atom. The molecule has 3 rings (SSSR count). The molecule has 0 aliphatic carbocycles. The number of aryl methyl sites for hydroxylation is 2. The minimum absolute atomic E-state index is 0.0493.